The Kier molecular flexibility index (Phi) is 7.26. The number of esters is 1. The molecule has 0 aromatic rings. The minimum absolute atomic E-state index is 0. The van der Waals surface area contributed by atoms with E-state index in [4.69, 9.17) is 4.74 Å². The van der Waals surface area contributed by atoms with Crippen molar-refractivity contribution in [2.24, 2.45) is 56.7 Å². The number of carbonyl (C=O) groups excluding carboxylic acids is 1. The van der Waals surface area contributed by atoms with Crippen LogP contribution in [0, 0.1) is 56.7 Å². The highest BCUT2D eigenvalue weighted by Crippen LogP contribution is 2.75. The number of hydrogen-bond donors (Lipinski definition) is 2. The van der Waals surface area contributed by atoms with E-state index in [1.807, 2.05) is 0 Å². The molecule has 38 heavy (non-hydrogen) atoms. The minimum atomic E-state index is -1.09. The van der Waals surface area contributed by atoms with Crippen molar-refractivity contribution >= 4 is 11.9 Å². The molecule has 5 aliphatic rings. The zero-order valence-electron chi connectivity index (χ0n) is 24.7. The molecule has 4 N–H and O–H groups in total. The highest BCUT2D eigenvalue weighted by molar-refractivity contribution is 5.81. The predicted molar refractivity (Wildman–Crippen MR) is 147 cm³/mol. The Morgan fingerprint density at radius 3 is 2.29 bits per heavy atom. The van der Waals surface area contributed by atoms with E-state index in [0.717, 1.165) is 57.8 Å². The maximum absolute atomic E-state index is 13.7. The maximum atomic E-state index is 13.7. The van der Waals surface area contributed by atoms with Gasteiger partial charge in [-0.05, 0) is 109 Å². The third kappa shape index (κ3) is 3.71. The number of rotatable bonds is 3. The minimum Gasteiger partial charge on any atom is -0.479 e. The molecule has 5 rings (SSSR count). The van der Waals surface area contributed by atoms with Crippen LogP contribution in [0.5, 0.6) is 0 Å². The molecule has 216 valence electrons. The zero-order chi connectivity index (χ0) is 27.2. The summed E-state index contributed by atoms with van der Waals surface area (Å²) in [5.41, 5.74) is 1.15. The fraction of sp³-hybridized carbons (Fsp3) is 0.875. The molecule has 0 amide bonds. The number of aliphatic carboxylic acids is 1. The second-order valence-electron chi connectivity index (χ2n) is 15.1. The number of hydrogen-bond acceptors (Lipinski definition) is 4. The Morgan fingerprint density at radius 2 is 1.63 bits per heavy atom. The van der Waals surface area contributed by atoms with Gasteiger partial charge in [0.15, 0.2) is 6.61 Å². The lowest BCUT2D eigenvalue weighted by Gasteiger charge is -2.71. The van der Waals surface area contributed by atoms with Gasteiger partial charge in [-0.15, -0.1) is 0 Å². The largest absolute Gasteiger partial charge is 0.479 e. The molecule has 4 saturated carbocycles. The van der Waals surface area contributed by atoms with Crippen LogP contribution in [0.1, 0.15) is 106 Å². The average molecular weight is 533 g/mol. The van der Waals surface area contributed by atoms with E-state index < -0.39 is 18.0 Å². The third-order valence-electron chi connectivity index (χ3n) is 13.7. The van der Waals surface area contributed by atoms with Crippen LogP contribution in [0.3, 0.4) is 0 Å². The molecule has 0 aliphatic heterocycles. The topological polar surface area (TPSA) is 115 Å². The zero-order valence-corrected chi connectivity index (χ0v) is 24.7. The SMILES string of the molecule is C[C@@H]1[C@@H](C)CC[C@@]2(C(=O)OCC(=O)O)CC[C@@]3(C)C(=CC[C@H]4[C@]5(C)CC[C@@H](O)C(C)(C)[C@H]5CC[C@@]43C)[C@@H]12.O. The molecule has 0 radical (unpaired) electrons. The van der Waals surface area contributed by atoms with Gasteiger partial charge >= 0.3 is 11.9 Å². The van der Waals surface area contributed by atoms with Crippen molar-refractivity contribution in [1.29, 1.82) is 0 Å². The van der Waals surface area contributed by atoms with Gasteiger partial charge in [0.25, 0.3) is 0 Å². The molecule has 0 unspecified atom stereocenters. The normalized spacial score (nSPS) is 49.1. The van der Waals surface area contributed by atoms with Crippen molar-refractivity contribution in [2.75, 3.05) is 6.61 Å². The van der Waals surface area contributed by atoms with Crippen LogP contribution >= 0.6 is 0 Å². The Labute approximate surface area is 229 Å². The molecule has 0 spiro atoms. The van der Waals surface area contributed by atoms with Crippen molar-refractivity contribution in [3.8, 4) is 0 Å². The predicted octanol–water partition coefficient (Wildman–Crippen LogP) is 5.81. The van der Waals surface area contributed by atoms with Crippen molar-refractivity contribution < 1.29 is 30.0 Å². The van der Waals surface area contributed by atoms with Gasteiger partial charge in [0.2, 0.25) is 0 Å². The summed E-state index contributed by atoms with van der Waals surface area (Å²) in [6.45, 7) is 16.2. The van der Waals surface area contributed by atoms with Crippen LogP contribution < -0.4 is 0 Å². The number of carboxylic acid groups (broad SMARTS) is 1. The summed E-state index contributed by atoms with van der Waals surface area (Å²) in [5, 5.41) is 20.1. The second kappa shape index (κ2) is 9.33. The summed E-state index contributed by atoms with van der Waals surface area (Å²) in [4.78, 5) is 24.9. The van der Waals surface area contributed by atoms with E-state index in [0.29, 0.717) is 23.7 Å². The highest BCUT2D eigenvalue weighted by atomic mass is 16.6. The molecule has 6 heteroatoms. The van der Waals surface area contributed by atoms with Crippen molar-refractivity contribution in [1.82, 2.24) is 0 Å². The number of fused-ring (bicyclic) bond motifs is 7. The molecule has 10 atom stereocenters. The first-order valence-electron chi connectivity index (χ1n) is 14.9. The van der Waals surface area contributed by atoms with Crippen LogP contribution in [-0.2, 0) is 14.3 Å². The molecule has 0 aromatic carbocycles. The number of carboxylic acids is 1. The standard InChI is InChI=1S/C32H50O5.H2O/c1-19-10-15-32(27(36)37-18-25(34)35)17-16-30(6)21(26(32)20(19)2)8-9-23-29(5)13-12-24(33)28(3,4)22(29)11-14-31(23,30)7;/h8,19-20,22-24,26,33H,9-18H2,1-7H3,(H,34,35);1H2/t19-,20+,22+,23-,24+,26+,29+,30-,31-,32+;/m0./s1. The molecule has 4 fully saturated rings. The molecular formula is C32H52O6. The second-order valence-corrected chi connectivity index (χ2v) is 15.1. The first-order chi connectivity index (χ1) is 17.1. The first-order valence-corrected chi connectivity index (χ1v) is 14.9. The lowest BCUT2D eigenvalue weighted by atomic mass is 9.33. The van der Waals surface area contributed by atoms with Crippen molar-refractivity contribution in [2.45, 2.75) is 112 Å². The smallest absolute Gasteiger partial charge is 0.341 e. The third-order valence-corrected chi connectivity index (χ3v) is 13.7. The summed E-state index contributed by atoms with van der Waals surface area (Å²) in [7, 11) is 0. The van der Waals surface area contributed by atoms with E-state index in [9.17, 15) is 19.8 Å². The van der Waals surface area contributed by atoms with Gasteiger partial charge in [0.1, 0.15) is 0 Å². The van der Waals surface area contributed by atoms with Crippen LogP contribution in [0.15, 0.2) is 11.6 Å². The highest BCUT2D eigenvalue weighted by Gasteiger charge is 2.69. The van der Waals surface area contributed by atoms with Gasteiger partial charge in [-0.3, -0.25) is 4.79 Å². The summed E-state index contributed by atoms with van der Waals surface area (Å²) >= 11 is 0. The maximum Gasteiger partial charge on any atom is 0.341 e. The molecular weight excluding hydrogens is 480 g/mol. The summed E-state index contributed by atoms with van der Waals surface area (Å²) in [6, 6.07) is 0. The molecule has 6 nitrogen and oxygen atoms in total. The average Bonchev–Trinajstić information content (AvgIpc) is 2.83. The van der Waals surface area contributed by atoms with E-state index >= 15 is 0 Å². The Morgan fingerprint density at radius 1 is 0.947 bits per heavy atom. The van der Waals surface area contributed by atoms with E-state index in [2.05, 4.69) is 54.5 Å². The van der Waals surface area contributed by atoms with E-state index in [-0.39, 0.29) is 45.1 Å². The monoisotopic (exact) mass is 532 g/mol. The fourth-order valence-corrected chi connectivity index (χ4v) is 11.1. The Balaban J connectivity index is 0.00000336. The van der Waals surface area contributed by atoms with Crippen molar-refractivity contribution in [3.05, 3.63) is 11.6 Å². The molecule has 0 bridgehead atoms. The van der Waals surface area contributed by atoms with Gasteiger partial charge in [-0.1, -0.05) is 60.1 Å². The van der Waals surface area contributed by atoms with Gasteiger partial charge < -0.3 is 20.4 Å². The number of carbonyl (C=O) groups is 2. The van der Waals surface area contributed by atoms with E-state index in [1.54, 1.807) is 0 Å². The lowest BCUT2D eigenvalue weighted by molar-refractivity contribution is -0.207. The van der Waals surface area contributed by atoms with Crippen LogP contribution in [0.25, 0.3) is 0 Å². The van der Waals surface area contributed by atoms with Crippen LogP contribution in [0.4, 0.5) is 0 Å². The van der Waals surface area contributed by atoms with Gasteiger partial charge in [0, 0.05) is 0 Å². The number of aliphatic hydroxyl groups excluding tert-OH is 1. The van der Waals surface area contributed by atoms with Crippen LogP contribution in [-0.4, -0.2) is 40.3 Å². The van der Waals surface area contributed by atoms with Crippen molar-refractivity contribution in [3.63, 3.8) is 0 Å². The summed E-state index contributed by atoms with van der Waals surface area (Å²) in [6.07, 6.45) is 11.2. The first kappa shape index (κ1) is 29.6. The van der Waals surface area contributed by atoms with Crippen LogP contribution in [0.2, 0.25) is 0 Å². The Hall–Kier alpha value is -1.40. The van der Waals surface area contributed by atoms with Gasteiger partial charge in [-0.2, -0.15) is 0 Å². The number of allylic oxidation sites excluding steroid dienone is 2. The van der Waals surface area contributed by atoms with Gasteiger partial charge in [0.05, 0.1) is 11.5 Å². The fourth-order valence-electron chi connectivity index (χ4n) is 11.1. The lowest BCUT2D eigenvalue weighted by Crippen LogP contribution is -2.65. The quantitative estimate of drug-likeness (QED) is 0.352. The molecule has 0 aromatic heterocycles. The van der Waals surface area contributed by atoms with E-state index in [1.165, 1.54) is 5.57 Å². The van der Waals surface area contributed by atoms with Gasteiger partial charge in [-0.25, -0.2) is 4.79 Å². The summed E-state index contributed by atoms with van der Waals surface area (Å²) < 4.78 is 5.46. The number of aliphatic hydroxyl groups is 1. The Bertz CT molecular complexity index is 1000. The molecule has 0 saturated heterocycles. The summed E-state index contributed by atoms with van der Waals surface area (Å²) in [5.74, 6) is 0.694. The number of ether oxygens (including phenoxy) is 1. The molecule has 0 heterocycles. The molecule has 5 aliphatic carbocycles.